The molecule has 0 unspecified atom stereocenters. The Kier molecular flexibility index (Phi) is 5.23. The molecule has 0 bridgehead atoms. The Labute approximate surface area is 109 Å². The molecule has 0 aliphatic rings. The van der Waals surface area contributed by atoms with Crippen LogP contribution >= 0.6 is 0 Å². The Morgan fingerprint density at radius 3 is 2.44 bits per heavy atom. The van der Waals surface area contributed by atoms with Crippen LogP contribution in [-0.2, 0) is 6.42 Å². The Hall–Kier alpha value is -1.48. The number of aliphatic hydroxyl groups is 1. The van der Waals surface area contributed by atoms with Crippen LogP contribution in [0, 0.1) is 0 Å². The highest BCUT2D eigenvalue weighted by Gasteiger charge is 2.18. The molecule has 0 aromatic heterocycles. The quantitative estimate of drug-likeness (QED) is 0.788. The predicted molar refractivity (Wildman–Crippen MR) is 73.3 cm³/mol. The molecule has 0 heterocycles. The Morgan fingerprint density at radius 2 is 2.00 bits per heavy atom. The molecule has 0 amide bonds. The van der Waals surface area contributed by atoms with E-state index >= 15 is 0 Å². The number of hydrogen-bond donors (Lipinski definition) is 1. The van der Waals surface area contributed by atoms with Crippen molar-refractivity contribution in [2.75, 3.05) is 7.11 Å². The zero-order chi connectivity index (χ0) is 13.7. The third-order valence-corrected chi connectivity index (χ3v) is 2.63. The Balaban J connectivity index is 3.37. The van der Waals surface area contributed by atoms with Gasteiger partial charge in [-0.2, -0.15) is 0 Å². The largest absolute Gasteiger partial charge is 0.493 e. The molecule has 0 aliphatic heterocycles. The van der Waals surface area contributed by atoms with Crippen LogP contribution in [0.15, 0.2) is 24.8 Å². The van der Waals surface area contributed by atoms with E-state index in [2.05, 4.69) is 6.58 Å². The van der Waals surface area contributed by atoms with Crippen LogP contribution in [0.1, 0.15) is 38.0 Å². The summed E-state index contributed by atoms with van der Waals surface area (Å²) in [6, 6.07) is 3.70. The molecule has 1 N–H and O–H groups in total. The molecule has 0 saturated heterocycles. The summed E-state index contributed by atoms with van der Waals surface area (Å²) in [6.07, 6.45) is 1.94. The molecule has 1 aromatic rings. The standard InChI is InChI=1S/C15H22O3/c1-6-7-13-12(11(4)16)8-9-14(17-5)15(13)18-10(2)3/h6,8-11,16H,1,7H2,2-5H3/t11-/m1/s1. The lowest BCUT2D eigenvalue weighted by molar-refractivity contribution is 0.194. The van der Waals surface area contributed by atoms with Gasteiger partial charge in [0.2, 0.25) is 0 Å². The van der Waals surface area contributed by atoms with E-state index in [9.17, 15) is 5.11 Å². The minimum atomic E-state index is -0.541. The number of methoxy groups -OCH3 is 1. The van der Waals surface area contributed by atoms with Crippen LogP contribution < -0.4 is 9.47 Å². The van der Waals surface area contributed by atoms with Crippen LogP contribution in [0.5, 0.6) is 11.5 Å². The van der Waals surface area contributed by atoms with Gasteiger partial charge in [0, 0.05) is 5.56 Å². The minimum absolute atomic E-state index is 0.0479. The maximum Gasteiger partial charge on any atom is 0.165 e. The van der Waals surface area contributed by atoms with E-state index in [1.54, 1.807) is 20.1 Å². The molecular formula is C15H22O3. The van der Waals surface area contributed by atoms with E-state index < -0.39 is 6.10 Å². The topological polar surface area (TPSA) is 38.7 Å². The second-order valence-electron chi connectivity index (χ2n) is 4.50. The molecule has 18 heavy (non-hydrogen) atoms. The molecule has 1 aromatic carbocycles. The van der Waals surface area contributed by atoms with Crippen LogP contribution in [-0.4, -0.2) is 18.3 Å². The van der Waals surface area contributed by atoms with Gasteiger partial charge in [-0.15, -0.1) is 6.58 Å². The maximum atomic E-state index is 9.82. The maximum absolute atomic E-state index is 9.82. The second-order valence-corrected chi connectivity index (χ2v) is 4.50. The fourth-order valence-corrected chi connectivity index (χ4v) is 1.89. The summed E-state index contributed by atoms with van der Waals surface area (Å²) in [6.45, 7) is 9.43. The number of allylic oxidation sites excluding steroid dienone is 1. The van der Waals surface area contributed by atoms with Crippen LogP contribution in [0.2, 0.25) is 0 Å². The second kappa shape index (κ2) is 6.45. The summed E-state index contributed by atoms with van der Waals surface area (Å²) >= 11 is 0. The van der Waals surface area contributed by atoms with Gasteiger partial charge in [-0.25, -0.2) is 0 Å². The van der Waals surface area contributed by atoms with Gasteiger partial charge in [0.15, 0.2) is 11.5 Å². The molecule has 0 aliphatic carbocycles. The predicted octanol–water partition coefficient (Wildman–Crippen LogP) is 3.26. The van der Waals surface area contributed by atoms with Gasteiger partial charge in [-0.1, -0.05) is 12.1 Å². The number of rotatable bonds is 6. The van der Waals surface area contributed by atoms with Crippen LogP contribution in [0.4, 0.5) is 0 Å². The smallest absolute Gasteiger partial charge is 0.165 e. The summed E-state index contributed by atoms with van der Waals surface area (Å²) in [5, 5.41) is 9.82. The first kappa shape index (κ1) is 14.6. The van der Waals surface area contributed by atoms with Crippen molar-refractivity contribution in [3.63, 3.8) is 0 Å². The molecular weight excluding hydrogens is 228 g/mol. The van der Waals surface area contributed by atoms with Gasteiger partial charge in [-0.05, 0) is 38.8 Å². The fourth-order valence-electron chi connectivity index (χ4n) is 1.89. The van der Waals surface area contributed by atoms with Crippen molar-refractivity contribution in [3.8, 4) is 11.5 Å². The molecule has 3 heteroatoms. The van der Waals surface area contributed by atoms with Crippen LogP contribution in [0.25, 0.3) is 0 Å². The zero-order valence-corrected chi connectivity index (χ0v) is 11.6. The van der Waals surface area contributed by atoms with Crippen molar-refractivity contribution < 1.29 is 14.6 Å². The summed E-state index contributed by atoms with van der Waals surface area (Å²) < 4.78 is 11.2. The average Bonchev–Trinajstić information content (AvgIpc) is 2.30. The molecule has 1 atom stereocenters. The monoisotopic (exact) mass is 250 g/mol. The Bertz CT molecular complexity index is 408. The molecule has 100 valence electrons. The van der Waals surface area contributed by atoms with Gasteiger partial charge in [0.1, 0.15) is 0 Å². The molecule has 0 saturated carbocycles. The Morgan fingerprint density at radius 1 is 1.33 bits per heavy atom. The summed E-state index contributed by atoms with van der Waals surface area (Å²) in [7, 11) is 1.61. The molecule has 1 rings (SSSR count). The number of ether oxygens (including phenoxy) is 2. The van der Waals surface area contributed by atoms with Gasteiger partial charge in [0.05, 0.1) is 19.3 Å². The minimum Gasteiger partial charge on any atom is -0.493 e. The van der Waals surface area contributed by atoms with E-state index in [-0.39, 0.29) is 6.10 Å². The third-order valence-electron chi connectivity index (χ3n) is 2.63. The first-order valence-corrected chi connectivity index (χ1v) is 6.16. The number of benzene rings is 1. The fraction of sp³-hybridized carbons (Fsp3) is 0.467. The van der Waals surface area contributed by atoms with Gasteiger partial charge in [0.25, 0.3) is 0 Å². The van der Waals surface area contributed by atoms with Crippen molar-refractivity contribution in [2.45, 2.75) is 39.4 Å². The average molecular weight is 250 g/mol. The molecule has 3 nitrogen and oxygen atoms in total. The van der Waals surface area contributed by atoms with E-state index in [1.807, 2.05) is 26.0 Å². The number of hydrogen-bond acceptors (Lipinski definition) is 3. The van der Waals surface area contributed by atoms with E-state index in [4.69, 9.17) is 9.47 Å². The highest BCUT2D eigenvalue weighted by atomic mass is 16.5. The van der Waals surface area contributed by atoms with Crippen molar-refractivity contribution >= 4 is 0 Å². The van der Waals surface area contributed by atoms with Gasteiger partial charge < -0.3 is 14.6 Å². The first-order chi connectivity index (χ1) is 8.51. The zero-order valence-electron chi connectivity index (χ0n) is 11.6. The van der Waals surface area contributed by atoms with Crippen LogP contribution in [0.3, 0.4) is 0 Å². The van der Waals surface area contributed by atoms with E-state index in [0.29, 0.717) is 17.9 Å². The lowest BCUT2D eigenvalue weighted by Crippen LogP contribution is -2.11. The van der Waals surface area contributed by atoms with Crippen molar-refractivity contribution in [3.05, 3.63) is 35.9 Å². The number of aliphatic hydroxyl groups excluding tert-OH is 1. The lowest BCUT2D eigenvalue weighted by Gasteiger charge is -2.20. The van der Waals surface area contributed by atoms with Gasteiger partial charge >= 0.3 is 0 Å². The summed E-state index contributed by atoms with van der Waals surface area (Å²) in [5.74, 6) is 1.38. The SMILES string of the molecule is C=CCc1c([C@@H](C)O)ccc(OC)c1OC(C)C. The van der Waals surface area contributed by atoms with E-state index in [0.717, 1.165) is 11.1 Å². The summed E-state index contributed by atoms with van der Waals surface area (Å²) in [4.78, 5) is 0. The lowest BCUT2D eigenvalue weighted by atomic mass is 9.99. The van der Waals surface area contributed by atoms with E-state index in [1.165, 1.54) is 0 Å². The van der Waals surface area contributed by atoms with Crippen molar-refractivity contribution in [1.82, 2.24) is 0 Å². The van der Waals surface area contributed by atoms with Gasteiger partial charge in [-0.3, -0.25) is 0 Å². The third kappa shape index (κ3) is 3.26. The molecule has 0 spiro atoms. The van der Waals surface area contributed by atoms with Crippen molar-refractivity contribution in [2.24, 2.45) is 0 Å². The first-order valence-electron chi connectivity index (χ1n) is 6.16. The van der Waals surface area contributed by atoms with Crippen molar-refractivity contribution in [1.29, 1.82) is 0 Å². The normalized spacial score (nSPS) is 12.3. The highest BCUT2D eigenvalue weighted by molar-refractivity contribution is 5.52. The highest BCUT2D eigenvalue weighted by Crippen LogP contribution is 2.37. The molecule has 0 radical (unpaired) electrons. The molecule has 0 fully saturated rings. The summed E-state index contributed by atoms with van der Waals surface area (Å²) in [5.41, 5.74) is 1.79.